The maximum absolute atomic E-state index is 13.7. The quantitative estimate of drug-likeness (QED) is 0.394. The summed E-state index contributed by atoms with van der Waals surface area (Å²) in [5.74, 6) is 0.467. The predicted molar refractivity (Wildman–Crippen MR) is 212 cm³/mol. The van der Waals surface area contributed by atoms with Crippen molar-refractivity contribution in [2.45, 2.75) is 81.1 Å². The van der Waals surface area contributed by atoms with E-state index in [4.69, 9.17) is 25.8 Å². The van der Waals surface area contributed by atoms with Crippen LogP contribution < -0.4 is 14.4 Å². The normalized spacial score (nSPS) is 34.6. The number of hydrogen-bond acceptors (Lipinski definition) is 9. The van der Waals surface area contributed by atoms with Crippen LogP contribution in [-0.2, 0) is 31.3 Å². The van der Waals surface area contributed by atoms with Crippen molar-refractivity contribution < 1.29 is 27.4 Å². The molecule has 2 aliphatic carbocycles. The summed E-state index contributed by atoms with van der Waals surface area (Å²) in [5, 5.41) is -0.0328. The molecule has 0 unspecified atom stereocenters. The SMILES string of the molecule is CO[C@]1(CN2CCN(C3(C)COC3)CC2)/C=C/C[C@H](C)[C@@H](C)S(=O)(=O)NC(=O)c2ccc3c(c2)N(C[C@@H]2CC[C@H]21)C[C@@]1(CCCc2cc(Cl)ccc21)CO3. The Labute approximate surface area is 326 Å². The molecule has 8 rings (SSSR count). The third-order valence-corrected chi connectivity index (χ3v) is 16.2. The lowest BCUT2D eigenvalue weighted by atomic mass is 9.63. The Bertz CT molecular complexity index is 1880. The summed E-state index contributed by atoms with van der Waals surface area (Å²) in [6, 6.07) is 11.7. The second-order valence-electron chi connectivity index (χ2n) is 17.4. The van der Waals surface area contributed by atoms with Crippen molar-refractivity contribution in [2.24, 2.45) is 17.8 Å². The van der Waals surface area contributed by atoms with E-state index in [-0.39, 0.29) is 22.8 Å². The molecule has 0 aromatic heterocycles. The maximum atomic E-state index is 13.7. The number of fused-ring (bicyclic) bond motifs is 4. The Morgan fingerprint density at radius 3 is 2.54 bits per heavy atom. The molecule has 4 aliphatic heterocycles. The van der Waals surface area contributed by atoms with Crippen LogP contribution in [0.5, 0.6) is 5.75 Å². The zero-order chi connectivity index (χ0) is 37.9. The third-order valence-electron chi connectivity index (χ3n) is 14.0. The molecule has 6 aliphatic rings. The van der Waals surface area contributed by atoms with Crippen molar-refractivity contribution in [1.82, 2.24) is 14.5 Å². The van der Waals surface area contributed by atoms with E-state index >= 15 is 0 Å². The molecular formula is C42H57ClN4O6S. The first-order valence-electron chi connectivity index (χ1n) is 20.0. The van der Waals surface area contributed by atoms with Gasteiger partial charge in [-0.25, -0.2) is 13.1 Å². The number of allylic oxidation sites excluding steroid dienone is 1. The van der Waals surface area contributed by atoms with Crippen LogP contribution in [-0.4, -0.2) is 113 Å². The van der Waals surface area contributed by atoms with Crippen LogP contribution in [0.4, 0.5) is 5.69 Å². The first-order chi connectivity index (χ1) is 25.8. The topological polar surface area (TPSA) is 101 Å². The van der Waals surface area contributed by atoms with Gasteiger partial charge >= 0.3 is 0 Å². The fourth-order valence-corrected chi connectivity index (χ4v) is 11.7. The summed E-state index contributed by atoms with van der Waals surface area (Å²) in [6.07, 6.45) is 10.1. The van der Waals surface area contributed by atoms with Gasteiger partial charge < -0.3 is 19.1 Å². The van der Waals surface area contributed by atoms with E-state index in [1.807, 2.05) is 32.2 Å². The monoisotopic (exact) mass is 780 g/mol. The second-order valence-corrected chi connectivity index (χ2v) is 19.9. The summed E-state index contributed by atoms with van der Waals surface area (Å²) in [4.78, 5) is 21.3. The van der Waals surface area contributed by atoms with Gasteiger partial charge in [-0.3, -0.25) is 14.6 Å². The molecule has 1 N–H and O–H groups in total. The number of halogens is 1. The highest BCUT2D eigenvalue weighted by atomic mass is 35.5. The zero-order valence-electron chi connectivity index (χ0n) is 32.3. The van der Waals surface area contributed by atoms with Crippen LogP contribution in [0.1, 0.15) is 74.4 Å². The lowest BCUT2D eigenvalue weighted by Crippen LogP contribution is -2.66. The zero-order valence-corrected chi connectivity index (χ0v) is 33.9. The molecule has 1 amide bonds. The molecule has 54 heavy (non-hydrogen) atoms. The Morgan fingerprint density at radius 2 is 1.83 bits per heavy atom. The number of amides is 1. The number of nitrogens with zero attached hydrogens (tertiary/aromatic N) is 3. The number of ether oxygens (including phenoxy) is 3. The molecule has 6 atom stereocenters. The van der Waals surface area contributed by atoms with Crippen LogP contribution >= 0.6 is 11.6 Å². The molecule has 4 heterocycles. The van der Waals surface area contributed by atoms with Gasteiger partial charge in [0.2, 0.25) is 10.0 Å². The molecule has 294 valence electrons. The molecular weight excluding hydrogens is 724 g/mol. The van der Waals surface area contributed by atoms with Gasteiger partial charge in [-0.2, -0.15) is 0 Å². The van der Waals surface area contributed by atoms with Crippen molar-refractivity contribution in [2.75, 3.05) is 77.6 Å². The summed E-state index contributed by atoms with van der Waals surface area (Å²) in [5.41, 5.74) is 3.02. The maximum Gasteiger partial charge on any atom is 0.264 e. The van der Waals surface area contributed by atoms with Gasteiger partial charge in [0.1, 0.15) is 11.4 Å². The van der Waals surface area contributed by atoms with E-state index in [2.05, 4.69) is 50.6 Å². The average Bonchev–Trinajstić information content (AvgIpc) is 3.28. The van der Waals surface area contributed by atoms with Gasteiger partial charge in [0.05, 0.1) is 36.3 Å². The molecule has 2 bridgehead atoms. The van der Waals surface area contributed by atoms with E-state index in [9.17, 15) is 13.2 Å². The van der Waals surface area contributed by atoms with Crippen LogP contribution in [0.25, 0.3) is 0 Å². The van der Waals surface area contributed by atoms with E-state index in [0.29, 0.717) is 30.3 Å². The predicted octanol–water partition coefficient (Wildman–Crippen LogP) is 5.68. The van der Waals surface area contributed by atoms with Gasteiger partial charge in [0, 0.05) is 68.9 Å². The number of aryl methyl sites for hydroxylation is 1. The van der Waals surface area contributed by atoms with Gasteiger partial charge in [-0.05, 0) is 112 Å². The molecule has 0 radical (unpaired) electrons. The number of carbonyl (C=O) groups excluding carboxylic acids is 1. The van der Waals surface area contributed by atoms with Crippen LogP contribution in [0, 0.1) is 17.8 Å². The first-order valence-corrected chi connectivity index (χ1v) is 21.9. The van der Waals surface area contributed by atoms with E-state index in [0.717, 1.165) is 102 Å². The Kier molecular flexibility index (Phi) is 10.4. The number of piperazine rings is 1. The van der Waals surface area contributed by atoms with Crippen LogP contribution in [0.15, 0.2) is 48.6 Å². The first kappa shape index (κ1) is 38.2. The molecule has 12 heteroatoms. The molecule has 3 fully saturated rings. The highest BCUT2D eigenvalue weighted by Gasteiger charge is 2.50. The summed E-state index contributed by atoms with van der Waals surface area (Å²) >= 11 is 6.51. The highest BCUT2D eigenvalue weighted by Crippen LogP contribution is 2.49. The molecule has 1 spiro atoms. The van der Waals surface area contributed by atoms with Gasteiger partial charge in [-0.15, -0.1) is 0 Å². The summed E-state index contributed by atoms with van der Waals surface area (Å²) in [7, 11) is -2.10. The molecule has 1 saturated carbocycles. The Balaban J connectivity index is 1.16. The minimum Gasteiger partial charge on any atom is -0.490 e. The summed E-state index contributed by atoms with van der Waals surface area (Å²) < 4.78 is 48.7. The number of methoxy groups -OCH3 is 1. The van der Waals surface area contributed by atoms with E-state index < -0.39 is 26.8 Å². The highest BCUT2D eigenvalue weighted by molar-refractivity contribution is 7.90. The summed E-state index contributed by atoms with van der Waals surface area (Å²) in [6.45, 7) is 14.2. The van der Waals surface area contributed by atoms with Crippen LogP contribution in [0.3, 0.4) is 0 Å². The van der Waals surface area contributed by atoms with Crippen molar-refractivity contribution in [1.29, 1.82) is 0 Å². The van der Waals surface area contributed by atoms with Crippen molar-refractivity contribution in [3.8, 4) is 5.75 Å². The smallest absolute Gasteiger partial charge is 0.264 e. The minimum atomic E-state index is -3.96. The number of sulfonamides is 1. The van der Waals surface area contributed by atoms with Crippen LogP contribution in [0.2, 0.25) is 5.02 Å². The fraction of sp³-hybridized carbons (Fsp3) is 0.643. The number of nitrogens with one attached hydrogen (secondary N) is 1. The van der Waals surface area contributed by atoms with Crippen molar-refractivity contribution in [3.05, 3.63) is 70.3 Å². The standard InChI is InChI=1S/C42H57ClN4O6S/c1-29-7-5-16-42(51-4,25-45-17-19-47(20-18-45)40(3)26-52-27-40)36-12-9-33(36)23-46-24-41(15-6-8-31-21-34(43)11-13-35(31)41)28-53-38-14-10-32(22-37(38)46)39(48)44-54(49,50)30(29)2/h5,10-11,13-14,16,21-22,29-30,33,36H,6-9,12,15,17-20,23-28H2,1-4H3,(H,44,48)/b16-5+/t29-,30+,33-,36+,41-,42-/m0/s1. The molecule has 10 nitrogen and oxygen atoms in total. The second kappa shape index (κ2) is 14.7. The lowest BCUT2D eigenvalue weighted by molar-refractivity contribution is -0.146. The number of anilines is 1. The lowest BCUT2D eigenvalue weighted by Gasteiger charge is -2.54. The van der Waals surface area contributed by atoms with Crippen molar-refractivity contribution >= 4 is 33.2 Å². The van der Waals surface area contributed by atoms with E-state index in [1.54, 1.807) is 13.0 Å². The number of benzene rings is 2. The largest absolute Gasteiger partial charge is 0.490 e. The van der Waals surface area contributed by atoms with Gasteiger partial charge in [-0.1, -0.05) is 36.7 Å². The Morgan fingerprint density at radius 1 is 1.04 bits per heavy atom. The fourth-order valence-electron chi connectivity index (χ4n) is 10.2. The minimum absolute atomic E-state index is 0.133. The number of hydrogen-bond donors (Lipinski definition) is 1. The van der Waals surface area contributed by atoms with Gasteiger partial charge in [0.25, 0.3) is 5.91 Å². The number of rotatable bonds is 4. The van der Waals surface area contributed by atoms with Crippen molar-refractivity contribution in [3.63, 3.8) is 0 Å². The van der Waals surface area contributed by atoms with E-state index in [1.165, 1.54) is 11.1 Å². The molecule has 2 aromatic rings. The third kappa shape index (κ3) is 7.00. The Hall–Kier alpha value is -2.67. The molecule has 2 saturated heterocycles. The molecule has 2 aromatic carbocycles. The van der Waals surface area contributed by atoms with Gasteiger partial charge in [0.15, 0.2) is 0 Å². The number of carbonyl (C=O) groups is 1. The average molecular weight is 781 g/mol.